The molecule has 0 aromatic heterocycles. The maximum atomic E-state index is 10.2. The van der Waals surface area contributed by atoms with E-state index in [2.05, 4.69) is 0 Å². The highest BCUT2D eigenvalue weighted by Crippen LogP contribution is 1.98. The first-order chi connectivity index (χ1) is 3.66. The van der Waals surface area contributed by atoms with E-state index in [0.717, 1.165) is 0 Å². The van der Waals surface area contributed by atoms with E-state index in [1.165, 1.54) is 0 Å². The summed E-state index contributed by atoms with van der Waals surface area (Å²) in [7, 11) is 0. The number of hydrogen-bond donors (Lipinski definition) is 0. The molecule has 0 fully saturated rings. The zero-order valence-corrected chi connectivity index (χ0v) is 5.31. The number of rotatable bonds is 3. The van der Waals surface area contributed by atoms with Gasteiger partial charge < -0.3 is 0 Å². The lowest BCUT2D eigenvalue weighted by Gasteiger charge is -1.92. The Hall–Kier alpha value is -0.370. The first kappa shape index (κ1) is 7.63. The monoisotopic (exact) mass is 134 g/mol. The van der Waals surface area contributed by atoms with Gasteiger partial charge in [-0.15, -0.1) is 11.6 Å². The standard InChI is InChI=1S/C5H7ClO2/c1-4(6)2-5(8)3-7/h3-4H,2H2,1H3. The van der Waals surface area contributed by atoms with Crippen molar-refractivity contribution in [1.82, 2.24) is 0 Å². The highest BCUT2D eigenvalue weighted by atomic mass is 35.5. The third-order valence-electron chi connectivity index (χ3n) is 0.614. The van der Waals surface area contributed by atoms with Crippen LogP contribution < -0.4 is 0 Å². The molecule has 0 bridgehead atoms. The summed E-state index contributed by atoms with van der Waals surface area (Å²) in [5.41, 5.74) is 0. The smallest absolute Gasteiger partial charge is 0.196 e. The summed E-state index contributed by atoms with van der Waals surface area (Å²) in [6, 6.07) is 0. The Kier molecular flexibility index (Phi) is 3.44. The fraction of sp³-hybridized carbons (Fsp3) is 0.600. The van der Waals surface area contributed by atoms with Gasteiger partial charge in [-0.1, -0.05) is 0 Å². The molecule has 0 heterocycles. The fourth-order valence-electron chi connectivity index (χ4n) is 0.325. The van der Waals surface area contributed by atoms with Gasteiger partial charge in [-0.05, 0) is 6.92 Å². The Bertz CT molecular complexity index is 98.6. The minimum absolute atomic E-state index is 0.144. The third kappa shape index (κ3) is 3.81. The molecule has 0 amide bonds. The number of halogens is 1. The van der Waals surface area contributed by atoms with E-state index in [1.54, 1.807) is 6.92 Å². The summed E-state index contributed by atoms with van der Waals surface area (Å²) in [6.07, 6.45) is 0.434. The van der Waals surface area contributed by atoms with Crippen molar-refractivity contribution >= 4 is 23.7 Å². The average Bonchev–Trinajstić information content (AvgIpc) is 1.65. The zero-order chi connectivity index (χ0) is 6.57. The van der Waals surface area contributed by atoms with Gasteiger partial charge >= 0.3 is 0 Å². The predicted octanol–water partition coefficient (Wildman–Crippen LogP) is 0.772. The topological polar surface area (TPSA) is 34.1 Å². The van der Waals surface area contributed by atoms with Crippen molar-refractivity contribution in [3.8, 4) is 0 Å². The van der Waals surface area contributed by atoms with Gasteiger partial charge in [0.2, 0.25) is 0 Å². The van der Waals surface area contributed by atoms with Gasteiger partial charge in [-0.25, -0.2) is 0 Å². The van der Waals surface area contributed by atoms with Crippen LogP contribution in [-0.4, -0.2) is 17.4 Å². The molecule has 8 heavy (non-hydrogen) atoms. The van der Waals surface area contributed by atoms with Crippen LogP contribution in [0.5, 0.6) is 0 Å². The molecule has 3 heteroatoms. The van der Waals surface area contributed by atoms with Gasteiger partial charge in [0.05, 0.1) is 0 Å². The first-order valence-electron chi connectivity index (χ1n) is 2.29. The van der Waals surface area contributed by atoms with Gasteiger partial charge in [0.15, 0.2) is 12.1 Å². The summed E-state index contributed by atoms with van der Waals surface area (Å²) in [6.45, 7) is 1.67. The number of hydrogen-bond acceptors (Lipinski definition) is 2. The van der Waals surface area contributed by atoms with Crippen molar-refractivity contribution in [2.45, 2.75) is 18.7 Å². The largest absolute Gasteiger partial charge is 0.295 e. The molecule has 0 saturated carbocycles. The molecule has 1 unspecified atom stereocenters. The fourth-order valence-corrected chi connectivity index (χ4v) is 0.477. The van der Waals surface area contributed by atoms with E-state index in [-0.39, 0.29) is 11.8 Å². The number of Topliss-reactive ketones (excluding diaryl/α,β-unsaturated/α-hetero) is 1. The molecule has 0 aliphatic rings. The molecular weight excluding hydrogens is 128 g/mol. The van der Waals surface area contributed by atoms with Gasteiger partial charge in [0.25, 0.3) is 0 Å². The quantitative estimate of drug-likeness (QED) is 0.325. The van der Waals surface area contributed by atoms with Crippen LogP contribution in [0.2, 0.25) is 0 Å². The summed E-state index contributed by atoms with van der Waals surface area (Å²) in [4.78, 5) is 19.8. The average molecular weight is 135 g/mol. The molecule has 0 aromatic rings. The SMILES string of the molecule is CC(Cl)CC(=O)C=O. The van der Waals surface area contributed by atoms with Crippen LogP contribution in [0, 0.1) is 0 Å². The molecule has 0 aliphatic carbocycles. The summed E-state index contributed by atoms with van der Waals surface area (Å²) in [5.74, 6) is -0.437. The van der Waals surface area contributed by atoms with Gasteiger partial charge in [0.1, 0.15) is 0 Å². The molecule has 0 aromatic carbocycles. The van der Waals surface area contributed by atoms with Crippen LogP contribution in [0.15, 0.2) is 0 Å². The normalized spacial score (nSPS) is 12.8. The Labute approximate surface area is 52.8 Å². The van der Waals surface area contributed by atoms with E-state index < -0.39 is 5.78 Å². The molecule has 0 saturated heterocycles. The van der Waals surface area contributed by atoms with Gasteiger partial charge in [-0.2, -0.15) is 0 Å². The summed E-state index contributed by atoms with van der Waals surface area (Å²) in [5, 5.41) is -0.229. The highest BCUT2D eigenvalue weighted by Gasteiger charge is 2.02. The number of aldehydes is 1. The lowest BCUT2D eigenvalue weighted by Crippen LogP contribution is -2.04. The zero-order valence-electron chi connectivity index (χ0n) is 4.56. The van der Waals surface area contributed by atoms with E-state index in [1.807, 2.05) is 0 Å². The van der Waals surface area contributed by atoms with Crippen molar-refractivity contribution < 1.29 is 9.59 Å². The maximum absolute atomic E-state index is 10.2. The molecule has 0 aliphatic heterocycles. The predicted molar refractivity (Wildman–Crippen MR) is 31.0 cm³/mol. The number of carbonyl (C=O) groups excluding carboxylic acids is 2. The molecule has 0 spiro atoms. The van der Waals surface area contributed by atoms with E-state index in [0.29, 0.717) is 6.29 Å². The molecule has 2 nitrogen and oxygen atoms in total. The molecule has 0 rings (SSSR count). The van der Waals surface area contributed by atoms with E-state index >= 15 is 0 Å². The van der Waals surface area contributed by atoms with Crippen molar-refractivity contribution in [2.24, 2.45) is 0 Å². The lowest BCUT2D eigenvalue weighted by atomic mass is 10.2. The number of ketones is 1. The number of carbonyl (C=O) groups is 2. The molecule has 0 radical (unpaired) electrons. The second-order valence-electron chi connectivity index (χ2n) is 1.57. The van der Waals surface area contributed by atoms with E-state index in [4.69, 9.17) is 11.6 Å². The van der Waals surface area contributed by atoms with Crippen LogP contribution in [0.3, 0.4) is 0 Å². The van der Waals surface area contributed by atoms with Crippen molar-refractivity contribution in [1.29, 1.82) is 0 Å². The number of alkyl halides is 1. The van der Waals surface area contributed by atoms with E-state index in [9.17, 15) is 9.59 Å². The van der Waals surface area contributed by atoms with Crippen molar-refractivity contribution in [2.75, 3.05) is 0 Å². The minimum atomic E-state index is -0.437. The van der Waals surface area contributed by atoms with Gasteiger partial charge in [-0.3, -0.25) is 9.59 Å². The molecule has 1 atom stereocenters. The van der Waals surface area contributed by atoms with Crippen LogP contribution in [0.25, 0.3) is 0 Å². The summed E-state index contributed by atoms with van der Waals surface area (Å²) >= 11 is 5.37. The van der Waals surface area contributed by atoms with Crippen LogP contribution in [0.4, 0.5) is 0 Å². The molecule has 0 N–H and O–H groups in total. The van der Waals surface area contributed by atoms with Crippen LogP contribution >= 0.6 is 11.6 Å². The highest BCUT2D eigenvalue weighted by molar-refractivity contribution is 6.29. The second-order valence-corrected chi connectivity index (χ2v) is 2.31. The maximum Gasteiger partial charge on any atom is 0.196 e. The molecular formula is C5H7ClO2. The Balaban J connectivity index is 3.39. The van der Waals surface area contributed by atoms with Crippen LogP contribution in [-0.2, 0) is 9.59 Å². The second kappa shape index (κ2) is 3.61. The third-order valence-corrected chi connectivity index (χ3v) is 0.768. The van der Waals surface area contributed by atoms with Gasteiger partial charge in [0, 0.05) is 11.8 Å². The minimum Gasteiger partial charge on any atom is -0.295 e. The Morgan fingerprint density at radius 2 is 2.38 bits per heavy atom. The van der Waals surface area contributed by atoms with Crippen molar-refractivity contribution in [3.63, 3.8) is 0 Å². The summed E-state index contributed by atoms with van der Waals surface area (Å²) < 4.78 is 0. The molecule has 46 valence electrons. The first-order valence-corrected chi connectivity index (χ1v) is 2.72. The Morgan fingerprint density at radius 3 is 2.50 bits per heavy atom. The van der Waals surface area contributed by atoms with Crippen LogP contribution in [0.1, 0.15) is 13.3 Å². The lowest BCUT2D eigenvalue weighted by molar-refractivity contribution is -0.129. The van der Waals surface area contributed by atoms with Crippen molar-refractivity contribution in [3.05, 3.63) is 0 Å². The Morgan fingerprint density at radius 1 is 1.88 bits per heavy atom.